The first-order valence-corrected chi connectivity index (χ1v) is 8.41. The van der Waals surface area contributed by atoms with E-state index in [1.54, 1.807) is 12.4 Å². The highest BCUT2D eigenvalue weighted by molar-refractivity contribution is 7.12. The van der Waals surface area contributed by atoms with Crippen LogP contribution in [-0.4, -0.2) is 31.8 Å². The van der Waals surface area contributed by atoms with Gasteiger partial charge in [0.2, 0.25) is 0 Å². The van der Waals surface area contributed by atoms with Crippen LogP contribution in [-0.2, 0) is 6.42 Å². The van der Waals surface area contributed by atoms with Crippen molar-refractivity contribution in [1.82, 2.24) is 24.6 Å². The number of pyridine rings is 2. The first-order valence-electron chi connectivity index (χ1n) is 7.63. The molecule has 0 aliphatic heterocycles. The van der Waals surface area contributed by atoms with E-state index in [0.717, 1.165) is 38.9 Å². The van der Waals surface area contributed by atoms with E-state index in [-0.39, 0.29) is 5.91 Å². The first kappa shape index (κ1) is 14.8. The van der Waals surface area contributed by atoms with Gasteiger partial charge in [-0.3, -0.25) is 9.78 Å². The number of carbonyl (C=O) groups is 1. The Morgan fingerprint density at radius 3 is 3.21 bits per heavy atom. The lowest BCUT2D eigenvalue weighted by Crippen LogP contribution is -2.25. The number of nitrogens with zero attached hydrogens (tertiary/aromatic N) is 3. The number of rotatable bonds is 4. The van der Waals surface area contributed by atoms with Gasteiger partial charge in [0.05, 0.1) is 22.3 Å². The van der Waals surface area contributed by atoms with Crippen LogP contribution >= 0.6 is 11.5 Å². The van der Waals surface area contributed by atoms with E-state index in [0.29, 0.717) is 12.1 Å². The first-order chi connectivity index (χ1) is 11.7. The lowest BCUT2D eigenvalue weighted by molar-refractivity contribution is 0.0954. The molecule has 0 aliphatic carbocycles. The van der Waals surface area contributed by atoms with Crippen molar-refractivity contribution < 1.29 is 4.79 Å². The molecule has 24 heavy (non-hydrogen) atoms. The maximum atomic E-state index is 12.3. The van der Waals surface area contributed by atoms with Gasteiger partial charge in [0.1, 0.15) is 4.83 Å². The molecule has 0 radical (unpaired) electrons. The SMILES string of the molecule is Cc1nsc2ncc(C(=O)NCCc3c[nH]c4cccnc34)cc12. The number of fused-ring (bicyclic) bond motifs is 2. The quantitative estimate of drug-likeness (QED) is 0.600. The molecule has 4 aromatic heterocycles. The van der Waals surface area contributed by atoms with Crippen LogP contribution < -0.4 is 5.32 Å². The lowest BCUT2D eigenvalue weighted by Gasteiger charge is -2.04. The average molecular weight is 337 g/mol. The van der Waals surface area contributed by atoms with Crippen LogP contribution in [0, 0.1) is 6.92 Å². The van der Waals surface area contributed by atoms with Crippen molar-refractivity contribution in [3.63, 3.8) is 0 Å². The van der Waals surface area contributed by atoms with E-state index in [9.17, 15) is 4.79 Å². The Morgan fingerprint density at radius 2 is 2.29 bits per heavy atom. The number of aryl methyl sites for hydroxylation is 1. The van der Waals surface area contributed by atoms with Crippen molar-refractivity contribution >= 4 is 38.7 Å². The standard InChI is InChI=1S/C17H15N5OS/c1-10-13-7-12(9-21-17(13)24-22-10)16(23)19-6-4-11-8-20-14-3-2-5-18-15(11)14/h2-3,5,7-9,20H,4,6H2,1H3,(H,19,23). The smallest absolute Gasteiger partial charge is 0.252 e. The number of hydrogen-bond acceptors (Lipinski definition) is 5. The fourth-order valence-electron chi connectivity index (χ4n) is 2.68. The second kappa shape index (κ2) is 6.01. The Balaban J connectivity index is 1.45. The Bertz CT molecular complexity index is 1040. The molecule has 0 fully saturated rings. The van der Waals surface area contributed by atoms with Crippen molar-refractivity contribution in [3.8, 4) is 0 Å². The molecule has 1 amide bonds. The Labute approximate surface area is 142 Å². The van der Waals surface area contributed by atoms with Crippen LogP contribution in [0.1, 0.15) is 21.6 Å². The molecule has 0 saturated carbocycles. The number of aromatic amines is 1. The molecular formula is C17H15N5OS. The number of carbonyl (C=O) groups excluding carboxylic acids is 1. The number of hydrogen-bond donors (Lipinski definition) is 2. The van der Waals surface area contributed by atoms with Gasteiger partial charge in [-0.2, -0.15) is 4.37 Å². The van der Waals surface area contributed by atoms with Crippen molar-refractivity contribution in [2.75, 3.05) is 6.54 Å². The molecule has 4 heterocycles. The van der Waals surface area contributed by atoms with Gasteiger partial charge in [-0.05, 0) is 48.6 Å². The number of nitrogens with one attached hydrogen (secondary N) is 2. The summed E-state index contributed by atoms with van der Waals surface area (Å²) in [4.78, 5) is 25.0. The minimum Gasteiger partial charge on any atom is -0.360 e. The lowest BCUT2D eigenvalue weighted by atomic mass is 10.2. The molecule has 7 heteroatoms. The molecule has 0 spiro atoms. The summed E-state index contributed by atoms with van der Waals surface area (Å²) >= 11 is 1.35. The van der Waals surface area contributed by atoms with E-state index < -0.39 is 0 Å². The third kappa shape index (κ3) is 2.63. The molecule has 2 N–H and O–H groups in total. The fourth-order valence-corrected chi connectivity index (χ4v) is 3.41. The van der Waals surface area contributed by atoms with Gasteiger partial charge in [0.25, 0.3) is 5.91 Å². The van der Waals surface area contributed by atoms with Gasteiger partial charge >= 0.3 is 0 Å². The van der Waals surface area contributed by atoms with Gasteiger partial charge in [-0.1, -0.05) is 0 Å². The molecule has 0 unspecified atom stereocenters. The molecule has 6 nitrogen and oxygen atoms in total. The second-order valence-corrected chi connectivity index (χ2v) is 6.32. The van der Waals surface area contributed by atoms with Crippen LogP contribution in [0.4, 0.5) is 0 Å². The molecule has 4 rings (SSSR count). The maximum Gasteiger partial charge on any atom is 0.252 e. The number of aromatic nitrogens is 4. The van der Waals surface area contributed by atoms with E-state index in [4.69, 9.17) is 0 Å². The highest BCUT2D eigenvalue weighted by atomic mass is 32.1. The third-order valence-corrected chi connectivity index (χ3v) is 4.83. The molecule has 0 bridgehead atoms. The van der Waals surface area contributed by atoms with E-state index >= 15 is 0 Å². The predicted molar refractivity (Wildman–Crippen MR) is 94.3 cm³/mol. The minimum atomic E-state index is -0.122. The van der Waals surface area contributed by atoms with Gasteiger partial charge in [0, 0.05) is 30.5 Å². The predicted octanol–water partition coefficient (Wildman–Crippen LogP) is 2.85. The van der Waals surface area contributed by atoms with Crippen molar-refractivity contribution in [3.05, 3.63) is 53.6 Å². The molecule has 120 valence electrons. The zero-order valence-corrected chi connectivity index (χ0v) is 13.9. The molecular weight excluding hydrogens is 322 g/mol. The average Bonchev–Trinajstić information content (AvgIpc) is 3.19. The largest absolute Gasteiger partial charge is 0.360 e. The topological polar surface area (TPSA) is 83.6 Å². The summed E-state index contributed by atoms with van der Waals surface area (Å²) < 4.78 is 4.26. The van der Waals surface area contributed by atoms with Crippen LogP contribution in [0.15, 0.2) is 36.8 Å². The fraction of sp³-hybridized carbons (Fsp3) is 0.176. The molecule has 0 aliphatic rings. The summed E-state index contributed by atoms with van der Waals surface area (Å²) in [6, 6.07) is 5.74. The highest BCUT2D eigenvalue weighted by Crippen LogP contribution is 2.20. The summed E-state index contributed by atoms with van der Waals surface area (Å²) in [5, 5.41) is 3.88. The highest BCUT2D eigenvalue weighted by Gasteiger charge is 2.11. The molecule has 0 saturated heterocycles. The van der Waals surface area contributed by atoms with Crippen LogP contribution in [0.5, 0.6) is 0 Å². The summed E-state index contributed by atoms with van der Waals surface area (Å²) in [5.41, 5.74) is 4.52. The van der Waals surface area contributed by atoms with E-state index in [2.05, 4.69) is 24.6 Å². The van der Waals surface area contributed by atoms with Crippen molar-refractivity contribution in [2.45, 2.75) is 13.3 Å². The Hall–Kier alpha value is -2.80. The zero-order valence-electron chi connectivity index (χ0n) is 13.0. The third-order valence-electron chi connectivity index (χ3n) is 3.97. The van der Waals surface area contributed by atoms with Crippen LogP contribution in [0.25, 0.3) is 21.3 Å². The van der Waals surface area contributed by atoms with Crippen LogP contribution in [0.2, 0.25) is 0 Å². The molecule has 4 aromatic rings. The maximum absolute atomic E-state index is 12.3. The summed E-state index contributed by atoms with van der Waals surface area (Å²) in [6.07, 6.45) is 6.04. The van der Waals surface area contributed by atoms with E-state index in [1.165, 1.54) is 11.5 Å². The summed E-state index contributed by atoms with van der Waals surface area (Å²) in [7, 11) is 0. The molecule has 0 aromatic carbocycles. The van der Waals surface area contributed by atoms with Crippen molar-refractivity contribution in [2.24, 2.45) is 0 Å². The van der Waals surface area contributed by atoms with Gasteiger partial charge in [-0.25, -0.2) is 4.98 Å². The Morgan fingerprint density at radius 1 is 1.38 bits per heavy atom. The second-order valence-electron chi connectivity index (χ2n) is 5.56. The van der Waals surface area contributed by atoms with Crippen LogP contribution in [0.3, 0.4) is 0 Å². The Kier molecular flexibility index (Phi) is 3.70. The summed E-state index contributed by atoms with van der Waals surface area (Å²) in [6.45, 7) is 2.47. The normalized spacial score (nSPS) is 11.2. The number of amides is 1. The minimum absolute atomic E-state index is 0.122. The van der Waals surface area contributed by atoms with Gasteiger partial charge < -0.3 is 10.3 Å². The monoisotopic (exact) mass is 337 g/mol. The van der Waals surface area contributed by atoms with E-state index in [1.807, 2.05) is 31.3 Å². The van der Waals surface area contributed by atoms with Gasteiger partial charge in [-0.15, -0.1) is 0 Å². The summed E-state index contributed by atoms with van der Waals surface area (Å²) in [5.74, 6) is -0.122. The van der Waals surface area contributed by atoms with Crippen molar-refractivity contribution in [1.29, 1.82) is 0 Å². The molecule has 0 atom stereocenters. The number of H-pyrrole nitrogens is 1. The zero-order chi connectivity index (χ0) is 16.5. The van der Waals surface area contributed by atoms with Gasteiger partial charge in [0.15, 0.2) is 0 Å².